The summed E-state index contributed by atoms with van der Waals surface area (Å²) in [6.07, 6.45) is 2.68. The molecule has 0 aromatic rings. The average molecular weight is 240 g/mol. The molecule has 0 unspecified atom stereocenters. The molecule has 0 atom stereocenters. The summed E-state index contributed by atoms with van der Waals surface area (Å²) in [4.78, 5) is 10.8. The third-order valence-corrected chi connectivity index (χ3v) is 1.39. The number of hydrogen-bond acceptors (Lipinski definition) is 4. The predicted octanol–water partition coefficient (Wildman–Crippen LogP) is 2.62. The lowest BCUT2D eigenvalue weighted by atomic mass is 10.2. The molecule has 0 aliphatic heterocycles. The summed E-state index contributed by atoms with van der Waals surface area (Å²) in [5.74, 6) is -0.276. The van der Waals surface area contributed by atoms with Crippen molar-refractivity contribution in [3.8, 4) is 0 Å². The van der Waals surface area contributed by atoms with Crippen molar-refractivity contribution in [2.75, 3.05) is 19.8 Å². The van der Waals surface area contributed by atoms with E-state index in [2.05, 4.69) is 4.74 Å². The van der Waals surface area contributed by atoms with E-state index < -0.39 is 0 Å². The number of aliphatic hydroxyl groups is 2. The Morgan fingerprint density at radius 3 is 1.88 bits per heavy atom. The summed E-state index contributed by atoms with van der Waals surface area (Å²) >= 11 is 0. The highest BCUT2D eigenvalue weighted by Gasteiger charge is 2.00. The van der Waals surface area contributed by atoms with Gasteiger partial charge in [-0.15, -0.1) is 0 Å². The molecule has 0 fully saturated rings. The monoisotopic (exact) mass is 240 g/mol. The van der Waals surface area contributed by atoms with E-state index in [-0.39, 0.29) is 55.5 Å². The fraction of sp³-hybridized carbons (Fsp3) is 0.917. The Morgan fingerprint density at radius 1 is 0.875 bits per heavy atom. The Bertz CT molecular complexity index is 116. The molecule has 0 aromatic carbocycles. The first-order chi connectivity index (χ1) is 5.81. The summed E-state index contributed by atoms with van der Waals surface area (Å²) in [5, 5.41) is 16.7. The highest BCUT2D eigenvalue weighted by atomic mass is 16.5. The van der Waals surface area contributed by atoms with E-state index in [9.17, 15) is 4.79 Å². The van der Waals surface area contributed by atoms with Crippen LogP contribution in [0, 0.1) is 0 Å². The van der Waals surface area contributed by atoms with E-state index in [1.165, 1.54) is 0 Å². The van der Waals surface area contributed by atoms with Crippen LogP contribution in [0.5, 0.6) is 0 Å². The Labute approximate surface area is 102 Å². The molecule has 0 aliphatic carbocycles. The van der Waals surface area contributed by atoms with E-state index in [1.54, 1.807) is 0 Å². The lowest BCUT2D eigenvalue weighted by Crippen LogP contribution is -2.07. The number of carbonyl (C=O) groups excluding carboxylic acids is 1. The van der Waals surface area contributed by atoms with E-state index in [4.69, 9.17) is 10.2 Å². The molecule has 4 nitrogen and oxygen atoms in total. The molecule has 0 amide bonds. The van der Waals surface area contributed by atoms with Crippen LogP contribution >= 0.6 is 0 Å². The second-order valence-electron chi connectivity index (χ2n) is 2.48. The molecule has 4 heteroatoms. The number of ether oxygens (including phenoxy) is 1. The SMILES string of the molecule is C.C.C.C.O=C(CCCCCO)OCCO. The van der Waals surface area contributed by atoms with Crippen molar-refractivity contribution in [2.24, 2.45) is 0 Å². The molecular formula is C12H32O4. The summed E-state index contributed by atoms with van der Waals surface area (Å²) in [6, 6.07) is 0. The number of hydrogen-bond donors (Lipinski definition) is 2. The van der Waals surface area contributed by atoms with Gasteiger partial charge in [0, 0.05) is 13.0 Å². The summed E-state index contributed by atoms with van der Waals surface area (Å²) < 4.78 is 4.62. The number of esters is 1. The van der Waals surface area contributed by atoms with Crippen LogP contribution in [0.1, 0.15) is 55.4 Å². The van der Waals surface area contributed by atoms with Gasteiger partial charge in [0.2, 0.25) is 0 Å². The molecule has 104 valence electrons. The number of unbranched alkanes of at least 4 members (excludes halogenated alkanes) is 2. The first-order valence-corrected chi connectivity index (χ1v) is 4.18. The van der Waals surface area contributed by atoms with Crippen molar-refractivity contribution in [1.29, 1.82) is 0 Å². The second kappa shape index (κ2) is 23.9. The maximum atomic E-state index is 10.8. The van der Waals surface area contributed by atoms with Crippen LogP contribution in [-0.4, -0.2) is 36.0 Å². The minimum absolute atomic E-state index is 0. The van der Waals surface area contributed by atoms with Crippen molar-refractivity contribution in [2.45, 2.75) is 55.4 Å². The van der Waals surface area contributed by atoms with Crippen LogP contribution < -0.4 is 0 Å². The lowest BCUT2D eigenvalue weighted by Gasteiger charge is -2.01. The molecule has 0 radical (unpaired) electrons. The zero-order valence-electron chi connectivity index (χ0n) is 7.16. The third-order valence-electron chi connectivity index (χ3n) is 1.39. The first-order valence-electron chi connectivity index (χ1n) is 4.18. The van der Waals surface area contributed by atoms with Crippen molar-refractivity contribution in [3.63, 3.8) is 0 Å². The summed E-state index contributed by atoms with van der Waals surface area (Å²) in [6.45, 7) is 0.132. The molecule has 0 aromatic heterocycles. The van der Waals surface area contributed by atoms with E-state index in [1.807, 2.05) is 0 Å². The standard InChI is InChI=1S/C8H16O4.4CH4/c9-5-3-1-2-4-8(11)12-7-6-10;;;;/h9-10H,1-7H2;4*1H4. The maximum Gasteiger partial charge on any atom is 0.305 e. The highest BCUT2D eigenvalue weighted by Crippen LogP contribution is 2.00. The van der Waals surface area contributed by atoms with Crippen LogP contribution in [0.4, 0.5) is 0 Å². The summed E-state index contributed by atoms with van der Waals surface area (Å²) in [5.41, 5.74) is 0. The molecular weight excluding hydrogens is 208 g/mol. The predicted molar refractivity (Wildman–Crippen MR) is 70.5 cm³/mol. The number of aliphatic hydroxyl groups excluding tert-OH is 2. The highest BCUT2D eigenvalue weighted by molar-refractivity contribution is 5.69. The average Bonchev–Trinajstić information content (AvgIpc) is 2.09. The molecule has 0 aliphatic rings. The van der Waals surface area contributed by atoms with E-state index in [0.717, 1.165) is 19.3 Å². The Balaban J connectivity index is -0.000000101. The van der Waals surface area contributed by atoms with Crippen LogP contribution in [0.15, 0.2) is 0 Å². The Kier molecular flexibility index (Phi) is 44.1. The minimum Gasteiger partial charge on any atom is -0.463 e. The van der Waals surface area contributed by atoms with Crippen molar-refractivity contribution < 1.29 is 19.7 Å². The van der Waals surface area contributed by atoms with Crippen molar-refractivity contribution in [1.82, 2.24) is 0 Å². The van der Waals surface area contributed by atoms with Gasteiger partial charge < -0.3 is 14.9 Å². The third kappa shape index (κ3) is 23.3. The van der Waals surface area contributed by atoms with Gasteiger partial charge in [-0.3, -0.25) is 4.79 Å². The van der Waals surface area contributed by atoms with E-state index >= 15 is 0 Å². The molecule has 0 saturated heterocycles. The fourth-order valence-electron chi connectivity index (χ4n) is 0.790. The van der Waals surface area contributed by atoms with Gasteiger partial charge in [0.05, 0.1) is 6.61 Å². The van der Waals surface area contributed by atoms with Gasteiger partial charge in [-0.2, -0.15) is 0 Å². The van der Waals surface area contributed by atoms with Crippen LogP contribution in [0.3, 0.4) is 0 Å². The first kappa shape index (κ1) is 29.5. The molecule has 16 heavy (non-hydrogen) atoms. The van der Waals surface area contributed by atoms with Gasteiger partial charge in [0.15, 0.2) is 0 Å². The van der Waals surface area contributed by atoms with Crippen molar-refractivity contribution >= 4 is 5.97 Å². The normalized spacial score (nSPS) is 7.38. The van der Waals surface area contributed by atoms with Gasteiger partial charge in [0.1, 0.15) is 6.61 Å². The molecule has 0 heterocycles. The maximum absolute atomic E-state index is 10.8. The fourth-order valence-corrected chi connectivity index (χ4v) is 0.790. The van der Waals surface area contributed by atoms with Gasteiger partial charge in [-0.05, 0) is 12.8 Å². The largest absolute Gasteiger partial charge is 0.463 e. The minimum atomic E-state index is -0.276. The van der Waals surface area contributed by atoms with Crippen LogP contribution in [0.25, 0.3) is 0 Å². The van der Waals surface area contributed by atoms with Gasteiger partial charge in [-0.1, -0.05) is 36.1 Å². The van der Waals surface area contributed by atoms with E-state index in [0.29, 0.717) is 6.42 Å². The van der Waals surface area contributed by atoms with Crippen LogP contribution in [-0.2, 0) is 9.53 Å². The zero-order valence-corrected chi connectivity index (χ0v) is 7.16. The van der Waals surface area contributed by atoms with Gasteiger partial charge >= 0.3 is 5.97 Å². The van der Waals surface area contributed by atoms with Crippen molar-refractivity contribution in [3.05, 3.63) is 0 Å². The Hall–Kier alpha value is -0.610. The van der Waals surface area contributed by atoms with Crippen LogP contribution in [0.2, 0.25) is 0 Å². The smallest absolute Gasteiger partial charge is 0.305 e. The molecule has 0 bridgehead atoms. The zero-order chi connectivity index (χ0) is 9.23. The molecule has 0 saturated carbocycles. The lowest BCUT2D eigenvalue weighted by molar-refractivity contribution is -0.144. The van der Waals surface area contributed by atoms with Gasteiger partial charge in [-0.25, -0.2) is 0 Å². The Morgan fingerprint density at radius 2 is 1.44 bits per heavy atom. The molecule has 2 N–H and O–H groups in total. The second-order valence-corrected chi connectivity index (χ2v) is 2.48. The number of carbonyl (C=O) groups is 1. The number of rotatable bonds is 7. The molecule has 0 rings (SSSR count). The topological polar surface area (TPSA) is 66.8 Å². The van der Waals surface area contributed by atoms with Gasteiger partial charge in [0.25, 0.3) is 0 Å². The summed E-state index contributed by atoms with van der Waals surface area (Å²) in [7, 11) is 0. The quantitative estimate of drug-likeness (QED) is 0.530. The molecule has 0 spiro atoms.